The summed E-state index contributed by atoms with van der Waals surface area (Å²) < 4.78 is 40.4. The summed E-state index contributed by atoms with van der Waals surface area (Å²) in [4.78, 5) is 0.299. The van der Waals surface area contributed by atoms with E-state index in [4.69, 9.17) is 9.47 Å². The molecule has 150 valence electrons. The molecule has 4 saturated carbocycles. The van der Waals surface area contributed by atoms with Crippen molar-refractivity contribution in [1.29, 1.82) is 0 Å². The zero-order valence-corrected chi connectivity index (χ0v) is 17.6. The Morgan fingerprint density at radius 1 is 1.00 bits per heavy atom. The molecule has 0 heterocycles. The highest BCUT2D eigenvalue weighted by Gasteiger charge is 2.57. The molecule has 5 nitrogen and oxygen atoms in total. The van der Waals surface area contributed by atoms with Gasteiger partial charge in [-0.15, -0.1) is 0 Å². The van der Waals surface area contributed by atoms with Crippen LogP contribution in [0, 0.1) is 37.5 Å². The second-order valence-corrected chi connectivity index (χ2v) is 10.6. The van der Waals surface area contributed by atoms with Gasteiger partial charge < -0.3 is 9.47 Å². The maximum atomic E-state index is 13.0. The summed E-state index contributed by atoms with van der Waals surface area (Å²) >= 11 is 0. The molecule has 1 aromatic rings. The Morgan fingerprint density at radius 3 is 1.96 bits per heavy atom. The molecule has 4 bridgehead atoms. The topological polar surface area (TPSA) is 64.6 Å². The molecule has 0 amide bonds. The molecule has 0 unspecified atom stereocenters. The fraction of sp³-hybridized carbons (Fsp3) is 0.714. The van der Waals surface area contributed by atoms with Gasteiger partial charge in [-0.05, 0) is 92.9 Å². The Labute approximate surface area is 162 Å². The van der Waals surface area contributed by atoms with Crippen LogP contribution in [-0.2, 0) is 14.8 Å². The molecule has 0 aliphatic heterocycles. The van der Waals surface area contributed by atoms with Gasteiger partial charge in [0.1, 0.15) is 5.75 Å². The molecule has 5 rings (SSSR count). The first-order valence-corrected chi connectivity index (χ1v) is 11.5. The van der Waals surface area contributed by atoms with E-state index < -0.39 is 10.0 Å². The molecule has 6 heteroatoms. The predicted octanol–water partition coefficient (Wildman–Crippen LogP) is 3.43. The van der Waals surface area contributed by atoms with E-state index >= 15 is 0 Å². The number of nitrogens with one attached hydrogen (secondary N) is 1. The maximum Gasteiger partial charge on any atom is 0.240 e. The average Bonchev–Trinajstić information content (AvgIpc) is 2.61. The van der Waals surface area contributed by atoms with Crippen molar-refractivity contribution in [2.75, 3.05) is 20.8 Å². The quantitative estimate of drug-likeness (QED) is 0.804. The number of benzene rings is 1. The zero-order chi connectivity index (χ0) is 19.4. The van der Waals surface area contributed by atoms with Crippen LogP contribution in [0.15, 0.2) is 17.0 Å². The fourth-order valence-corrected chi connectivity index (χ4v) is 7.60. The Bertz CT molecular complexity index is 782. The first-order chi connectivity index (χ1) is 12.8. The van der Waals surface area contributed by atoms with Crippen LogP contribution < -0.4 is 9.46 Å². The third-order valence-corrected chi connectivity index (χ3v) is 8.77. The summed E-state index contributed by atoms with van der Waals surface area (Å²) in [7, 11) is -0.227. The van der Waals surface area contributed by atoms with Crippen LogP contribution in [0.5, 0.6) is 5.75 Å². The largest absolute Gasteiger partial charge is 0.496 e. The lowest BCUT2D eigenvalue weighted by Crippen LogP contribution is -2.63. The lowest BCUT2D eigenvalue weighted by Gasteiger charge is -2.60. The summed E-state index contributed by atoms with van der Waals surface area (Å²) in [5, 5.41) is 0. The average molecular weight is 394 g/mol. The molecular formula is C21H31NO4S. The molecule has 1 N–H and O–H groups in total. The van der Waals surface area contributed by atoms with Crippen LogP contribution in [0.25, 0.3) is 0 Å². The first kappa shape index (κ1) is 19.2. The Balaban J connectivity index is 1.57. The molecule has 4 aliphatic rings. The van der Waals surface area contributed by atoms with E-state index in [9.17, 15) is 8.42 Å². The number of hydrogen-bond donors (Lipinski definition) is 1. The van der Waals surface area contributed by atoms with Crippen molar-refractivity contribution < 1.29 is 17.9 Å². The van der Waals surface area contributed by atoms with Gasteiger partial charge in [-0.1, -0.05) is 0 Å². The zero-order valence-electron chi connectivity index (χ0n) is 16.7. The molecule has 0 spiro atoms. The lowest BCUT2D eigenvalue weighted by atomic mass is 9.50. The summed E-state index contributed by atoms with van der Waals surface area (Å²) in [6.45, 7) is 4.11. The summed E-state index contributed by atoms with van der Waals surface area (Å²) in [5.74, 6) is 3.32. The summed E-state index contributed by atoms with van der Waals surface area (Å²) in [6.07, 6.45) is 6.10. The molecule has 27 heavy (non-hydrogen) atoms. The number of ether oxygens (including phenoxy) is 2. The normalized spacial score (nSPS) is 34.8. The second-order valence-electron chi connectivity index (χ2n) is 8.88. The van der Waals surface area contributed by atoms with E-state index in [1.54, 1.807) is 26.4 Å². The minimum absolute atomic E-state index is 0.299. The van der Waals surface area contributed by atoms with Gasteiger partial charge in [0, 0.05) is 13.7 Å². The van der Waals surface area contributed by atoms with Crippen molar-refractivity contribution in [1.82, 2.24) is 4.72 Å². The van der Waals surface area contributed by atoms with Gasteiger partial charge >= 0.3 is 0 Å². The van der Waals surface area contributed by atoms with Crippen molar-refractivity contribution in [2.45, 2.75) is 56.4 Å². The van der Waals surface area contributed by atoms with Crippen molar-refractivity contribution in [2.24, 2.45) is 23.7 Å². The highest BCUT2D eigenvalue weighted by Crippen LogP contribution is 2.59. The lowest BCUT2D eigenvalue weighted by molar-refractivity contribution is -0.185. The molecule has 0 saturated heterocycles. The predicted molar refractivity (Wildman–Crippen MR) is 104 cm³/mol. The number of methoxy groups -OCH3 is 2. The van der Waals surface area contributed by atoms with E-state index in [2.05, 4.69) is 4.72 Å². The van der Waals surface area contributed by atoms with Crippen molar-refractivity contribution in [3.05, 3.63) is 23.3 Å². The van der Waals surface area contributed by atoms with Crippen LogP contribution in [0.2, 0.25) is 0 Å². The number of aryl methyl sites for hydroxylation is 2. The van der Waals surface area contributed by atoms with Crippen molar-refractivity contribution >= 4 is 10.0 Å². The molecule has 4 fully saturated rings. The Morgan fingerprint density at radius 2 is 1.52 bits per heavy atom. The highest BCUT2D eigenvalue weighted by atomic mass is 32.2. The van der Waals surface area contributed by atoms with Gasteiger partial charge in [-0.2, -0.15) is 0 Å². The van der Waals surface area contributed by atoms with Gasteiger partial charge in [0.15, 0.2) is 0 Å². The van der Waals surface area contributed by atoms with E-state index in [-0.39, 0.29) is 5.60 Å². The van der Waals surface area contributed by atoms with E-state index in [0.29, 0.717) is 23.3 Å². The van der Waals surface area contributed by atoms with Gasteiger partial charge in [-0.3, -0.25) is 0 Å². The number of sulfonamides is 1. The SMILES string of the molecule is COc1c(C)cc(S(=O)(=O)NCC2(OC)C3CC4CC(C3)CC2C4)cc1C. The van der Waals surface area contributed by atoms with Crippen molar-refractivity contribution in [3.8, 4) is 5.75 Å². The van der Waals surface area contributed by atoms with E-state index in [0.717, 1.165) is 28.7 Å². The van der Waals surface area contributed by atoms with Gasteiger partial charge in [0.25, 0.3) is 0 Å². The molecule has 4 aliphatic carbocycles. The minimum Gasteiger partial charge on any atom is -0.496 e. The monoisotopic (exact) mass is 393 g/mol. The van der Waals surface area contributed by atoms with Crippen LogP contribution in [0.3, 0.4) is 0 Å². The Kier molecular flexibility index (Phi) is 4.80. The maximum absolute atomic E-state index is 13.0. The second kappa shape index (κ2) is 6.75. The summed E-state index contributed by atoms with van der Waals surface area (Å²) in [6, 6.07) is 3.37. The van der Waals surface area contributed by atoms with Gasteiger partial charge in [-0.25, -0.2) is 13.1 Å². The molecule has 1 aromatic carbocycles. The van der Waals surface area contributed by atoms with Crippen LogP contribution in [-0.4, -0.2) is 34.8 Å². The van der Waals surface area contributed by atoms with Crippen LogP contribution in [0.4, 0.5) is 0 Å². The molecule has 0 radical (unpaired) electrons. The molecular weight excluding hydrogens is 362 g/mol. The molecule has 0 atom stereocenters. The summed E-state index contributed by atoms with van der Waals surface area (Å²) in [5.41, 5.74) is 1.31. The fourth-order valence-electron chi connectivity index (χ4n) is 6.35. The first-order valence-electron chi connectivity index (χ1n) is 9.99. The van der Waals surface area contributed by atoms with E-state index in [1.165, 1.54) is 32.1 Å². The minimum atomic E-state index is -3.60. The van der Waals surface area contributed by atoms with Gasteiger partial charge in [0.05, 0.1) is 17.6 Å². The van der Waals surface area contributed by atoms with Crippen LogP contribution in [0.1, 0.15) is 43.2 Å². The third kappa shape index (κ3) is 3.10. The smallest absolute Gasteiger partial charge is 0.240 e. The molecule has 0 aromatic heterocycles. The Hall–Kier alpha value is -1.11. The third-order valence-electron chi connectivity index (χ3n) is 7.39. The standard InChI is InChI=1S/C21H31NO4S/c1-13-5-19(6-14(2)20(13)25-3)27(23,24)22-12-21(26-4)17-8-15-7-16(10-17)11-18(21)9-15/h5-6,15-18,22H,7-12H2,1-4H3. The number of rotatable bonds is 6. The van der Waals surface area contributed by atoms with Gasteiger partial charge in [0.2, 0.25) is 10.0 Å². The van der Waals surface area contributed by atoms with Crippen molar-refractivity contribution in [3.63, 3.8) is 0 Å². The number of hydrogen-bond acceptors (Lipinski definition) is 4. The van der Waals surface area contributed by atoms with E-state index in [1.807, 2.05) is 13.8 Å². The highest BCUT2D eigenvalue weighted by molar-refractivity contribution is 7.89. The van der Waals surface area contributed by atoms with Crippen LogP contribution >= 0.6 is 0 Å².